The zero-order chi connectivity index (χ0) is 30.4. The summed E-state index contributed by atoms with van der Waals surface area (Å²) in [5.41, 5.74) is -0.807. The van der Waals surface area contributed by atoms with Crippen molar-refractivity contribution in [1.29, 1.82) is 0 Å². The van der Waals surface area contributed by atoms with Crippen molar-refractivity contribution < 1.29 is 22.7 Å². The van der Waals surface area contributed by atoms with Gasteiger partial charge in [-0.15, -0.1) is 0 Å². The lowest BCUT2D eigenvalue weighted by Crippen LogP contribution is -2.30. The van der Waals surface area contributed by atoms with Crippen LogP contribution in [0.25, 0.3) is 10.9 Å². The molecule has 1 amide bonds. The molecular weight excluding hydrogens is 557 g/mol. The SMILES string of the molecule is COc1cc2nn(C3CCC(CN(C)CCCCC4CCNCC4)CC3)cc2cc1NC(=O)c1ncccc1C(F)(F)F. The number of carbonyl (C=O) groups is 1. The topological polar surface area (TPSA) is 84.3 Å². The summed E-state index contributed by atoms with van der Waals surface area (Å²) in [5, 5.41) is 11.6. The zero-order valence-electron chi connectivity index (χ0n) is 25.1. The van der Waals surface area contributed by atoms with E-state index in [9.17, 15) is 18.0 Å². The highest BCUT2D eigenvalue weighted by Gasteiger charge is 2.36. The number of amides is 1. The quantitative estimate of drug-likeness (QED) is 0.243. The largest absolute Gasteiger partial charge is 0.494 e. The molecule has 0 unspecified atom stereocenters. The fraction of sp³-hybridized carbons (Fsp3) is 0.594. The Bertz CT molecular complexity index is 1360. The van der Waals surface area contributed by atoms with Crippen LogP contribution in [0.2, 0.25) is 0 Å². The number of rotatable bonds is 11. The summed E-state index contributed by atoms with van der Waals surface area (Å²) < 4.78 is 47.7. The van der Waals surface area contributed by atoms with Gasteiger partial charge in [0.25, 0.3) is 5.91 Å². The maximum absolute atomic E-state index is 13.4. The molecule has 43 heavy (non-hydrogen) atoms. The molecule has 3 aromatic rings. The number of ether oxygens (including phenoxy) is 1. The van der Waals surface area contributed by atoms with Crippen molar-refractivity contribution >= 4 is 22.5 Å². The van der Waals surface area contributed by atoms with Gasteiger partial charge in [0.2, 0.25) is 0 Å². The number of nitrogens with one attached hydrogen (secondary N) is 2. The van der Waals surface area contributed by atoms with Gasteiger partial charge >= 0.3 is 6.18 Å². The number of piperidine rings is 1. The lowest BCUT2D eigenvalue weighted by Gasteiger charge is -2.31. The molecule has 234 valence electrons. The lowest BCUT2D eigenvalue weighted by atomic mass is 9.85. The molecule has 1 aliphatic heterocycles. The number of alkyl halides is 3. The molecule has 1 aromatic carbocycles. The zero-order valence-corrected chi connectivity index (χ0v) is 25.1. The lowest BCUT2D eigenvalue weighted by molar-refractivity contribution is -0.138. The standard InChI is InChI=1S/C32H43F3N6O2/c1-40(17-4-3-6-22-12-15-36-16-13-22)20-23-8-10-25(11-9-23)41-21-24-18-28(29(43-2)19-27(24)39-41)38-31(42)30-26(32(33,34)35)7-5-14-37-30/h5,7,14,18-19,21-23,25,36H,3-4,6,8-13,15-17,20H2,1-2H3,(H,38,42). The highest BCUT2D eigenvalue weighted by Crippen LogP contribution is 2.36. The molecule has 0 radical (unpaired) electrons. The number of hydrogen-bond donors (Lipinski definition) is 2. The van der Waals surface area contributed by atoms with Crippen molar-refractivity contribution in [2.24, 2.45) is 11.8 Å². The Hall–Kier alpha value is -3.18. The van der Waals surface area contributed by atoms with E-state index in [1.165, 1.54) is 58.5 Å². The second kappa shape index (κ2) is 14.1. The van der Waals surface area contributed by atoms with Gasteiger partial charge in [-0.3, -0.25) is 14.5 Å². The Morgan fingerprint density at radius 2 is 1.88 bits per heavy atom. The molecule has 1 saturated heterocycles. The third-order valence-electron chi connectivity index (χ3n) is 9.04. The van der Waals surface area contributed by atoms with E-state index in [1.54, 1.807) is 12.1 Å². The van der Waals surface area contributed by atoms with Gasteiger partial charge in [-0.1, -0.05) is 12.8 Å². The van der Waals surface area contributed by atoms with Crippen LogP contribution in [0, 0.1) is 11.8 Å². The number of hydrogen-bond acceptors (Lipinski definition) is 6. The van der Waals surface area contributed by atoms with Crippen LogP contribution in [0.5, 0.6) is 5.75 Å². The minimum atomic E-state index is -4.70. The Balaban J connectivity index is 1.15. The average molecular weight is 601 g/mol. The van der Waals surface area contributed by atoms with Gasteiger partial charge in [-0.2, -0.15) is 18.3 Å². The van der Waals surface area contributed by atoms with Crippen LogP contribution >= 0.6 is 0 Å². The molecule has 5 rings (SSSR count). The van der Waals surface area contributed by atoms with Gasteiger partial charge in [0.15, 0.2) is 0 Å². The summed E-state index contributed by atoms with van der Waals surface area (Å²) in [6.45, 7) is 4.65. The monoisotopic (exact) mass is 600 g/mol. The summed E-state index contributed by atoms with van der Waals surface area (Å²) in [7, 11) is 3.70. The van der Waals surface area contributed by atoms with E-state index in [0.29, 0.717) is 17.2 Å². The number of carbonyl (C=O) groups excluding carboxylic acids is 1. The first-order valence-electron chi connectivity index (χ1n) is 15.5. The van der Waals surface area contributed by atoms with Gasteiger partial charge in [-0.25, -0.2) is 0 Å². The second-order valence-corrected chi connectivity index (χ2v) is 12.2. The predicted octanol–water partition coefficient (Wildman–Crippen LogP) is 6.54. The van der Waals surface area contributed by atoms with E-state index < -0.39 is 23.3 Å². The van der Waals surface area contributed by atoms with E-state index in [-0.39, 0.29) is 11.7 Å². The van der Waals surface area contributed by atoms with Gasteiger partial charge in [-0.05, 0) is 102 Å². The number of unbranched alkanes of at least 4 members (excludes halogenated alkanes) is 1. The number of fused-ring (bicyclic) bond motifs is 1. The van der Waals surface area contributed by atoms with E-state index in [1.807, 2.05) is 10.9 Å². The van der Waals surface area contributed by atoms with Crippen molar-refractivity contribution in [1.82, 2.24) is 25.0 Å². The predicted molar refractivity (Wildman–Crippen MR) is 161 cm³/mol. The van der Waals surface area contributed by atoms with Crippen LogP contribution in [-0.2, 0) is 6.18 Å². The molecule has 0 atom stereocenters. The Kier molecular flexibility index (Phi) is 10.2. The second-order valence-electron chi connectivity index (χ2n) is 12.2. The Morgan fingerprint density at radius 3 is 2.60 bits per heavy atom. The van der Waals surface area contributed by atoms with Crippen LogP contribution in [0.3, 0.4) is 0 Å². The fourth-order valence-electron chi connectivity index (χ4n) is 6.63. The van der Waals surface area contributed by atoms with Crippen molar-refractivity contribution in [2.75, 3.05) is 45.7 Å². The normalized spacial score (nSPS) is 20.0. The molecule has 0 bridgehead atoms. The molecule has 2 aliphatic rings. The first-order chi connectivity index (χ1) is 20.7. The summed E-state index contributed by atoms with van der Waals surface area (Å²) >= 11 is 0. The van der Waals surface area contributed by atoms with Gasteiger partial charge in [0.05, 0.1) is 29.9 Å². The van der Waals surface area contributed by atoms with Crippen molar-refractivity contribution in [3.05, 3.63) is 47.9 Å². The molecule has 1 saturated carbocycles. The van der Waals surface area contributed by atoms with Crippen LogP contribution in [-0.4, -0.2) is 65.9 Å². The van der Waals surface area contributed by atoms with E-state index in [2.05, 4.69) is 27.6 Å². The summed E-state index contributed by atoms with van der Waals surface area (Å²) in [6, 6.07) is 5.68. The summed E-state index contributed by atoms with van der Waals surface area (Å²) in [4.78, 5) is 19.0. The first kappa shape index (κ1) is 31.3. The maximum atomic E-state index is 13.4. The number of anilines is 1. The van der Waals surface area contributed by atoms with E-state index in [0.717, 1.165) is 62.2 Å². The number of methoxy groups -OCH3 is 1. The molecule has 2 aromatic heterocycles. The van der Waals surface area contributed by atoms with Crippen molar-refractivity contribution in [3.63, 3.8) is 0 Å². The van der Waals surface area contributed by atoms with Crippen LogP contribution in [0.15, 0.2) is 36.7 Å². The third kappa shape index (κ3) is 8.06. The van der Waals surface area contributed by atoms with Gasteiger partial charge in [0, 0.05) is 30.4 Å². The highest BCUT2D eigenvalue weighted by molar-refractivity contribution is 6.06. The molecule has 8 nitrogen and oxygen atoms in total. The number of benzene rings is 1. The third-order valence-corrected chi connectivity index (χ3v) is 9.04. The van der Waals surface area contributed by atoms with Crippen molar-refractivity contribution in [3.8, 4) is 5.75 Å². The number of nitrogens with zero attached hydrogens (tertiary/aromatic N) is 4. The molecule has 3 heterocycles. The van der Waals surface area contributed by atoms with Gasteiger partial charge < -0.3 is 20.3 Å². The Labute approximate surface area is 251 Å². The number of halogens is 3. The summed E-state index contributed by atoms with van der Waals surface area (Å²) in [6.07, 6.45) is 9.42. The molecule has 0 spiro atoms. The maximum Gasteiger partial charge on any atom is 0.418 e. The average Bonchev–Trinajstić information content (AvgIpc) is 3.42. The molecule has 2 N–H and O–H groups in total. The minimum Gasteiger partial charge on any atom is -0.494 e. The van der Waals surface area contributed by atoms with Crippen LogP contribution in [0.4, 0.5) is 18.9 Å². The first-order valence-corrected chi connectivity index (χ1v) is 15.5. The fourth-order valence-corrected chi connectivity index (χ4v) is 6.63. The highest BCUT2D eigenvalue weighted by atomic mass is 19.4. The van der Waals surface area contributed by atoms with E-state index in [4.69, 9.17) is 9.84 Å². The molecular formula is C32H43F3N6O2. The molecule has 2 fully saturated rings. The number of aromatic nitrogens is 3. The van der Waals surface area contributed by atoms with Crippen molar-refractivity contribution in [2.45, 2.75) is 70.0 Å². The molecule has 11 heteroatoms. The number of pyridine rings is 1. The molecule has 1 aliphatic carbocycles. The van der Waals surface area contributed by atoms with E-state index >= 15 is 0 Å². The summed E-state index contributed by atoms with van der Waals surface area (Å²) in [5.74, 6) is 0.956. The minimum absolute atomic E-state index is 0.265. The van der Waals surface area contributed by atoms with Crippen LogP contribution < -0.4 is 15.4 Å². The van der Waals surface area contributed by atoms with Gasteiger partial charge in [0.1, 0.15) is 11.4 Å². The Morgan fingerprint density at radius 1 is 1.12 bits per heavy atom. The van der Waals surface area contributed by atoms with Crippen LogP contribution in [0.1, 0.15) is 79.9 Å². The smallest absolute Gasteiger partial charge is 0.418 e.